The minimum absolute atomic E-state index is 0.0155. The molecule has 0 saturated carbocycles. The molecule has 1 amide bonds. The van der Waals surface area contributed by atoms with E-state index in [9.17, 15) is 17.6 Å². The maximum absolute atomic E-state index is 13.0. The van der Waals surface area contributed by atoms with Gasteiger partial charge >= 0.3 is 0 Å². The van der Waals surface area contributed by atoms with E-state index in [2.05, 4.69) is 15.2 Å². The van der Waals surface area contributed by atoms with Crippen LogP contribution in [0.2, 0.25) is 0 Å². The highest BCUT2D eigenvalue weighted by Gasteiger charge is 2.18. The Morgan fingerprint density at radius 3 is 2.46 bits per heavy atom. The molecule has 0 aliphatic heterocycles. The molecule has 0 radical (unpaired) electrons. The van der Waals surface area contributed by atoms with Crippen LogP contribution in [0.25, 0.3) is 0 Å². The van der Waals surface area contributed by atoms with Crippen molar-refractivity contribution in [2.75, 3.05) is 17.1 Å². The van der Waals surface area contributed by atoms with Crippen LogP contribution in [-0.2, 0) is 10.0 Å². The topological polar surface area (TPSA) is 111 Å². The molecule has 0 aliphatic rings. The van der Waals surface area contributed by atoms with Gasteiger partial charge in [0.25, 0.3) is 15.9 Å². The van der Waals surface area contributed by atoms with Crippen molar-refractivity contribution in [1.29, 1.82) is 0 Å². The van der Waals surface area contributed by atoms with E-state index >= 15 is 0 Å². The zero-order valence-corrected chi connectivity index (χ0v) is 15.7. The van der Waals surface area contributed by atoms with Crippen LogP contribution in [0.15, 0.2) is 57.9 Å². The third-order valence-electron chi connectivity index (χ3n) is 3.68. The van der Waals surface area contributed by atoms with Crippen molar-refractivity contribution in [2.45, 2.75) is 11.8 Å². The fourth-order valence-electron chi connectivity index (χ4n) is 2.35. The van der Waals surface area contributed by atoms with Crippen molar-refractivity contribution >= 4 is 27.3 Å². The van der Waals surface area contributed by atoms with Crippen molar-refractivity contribution in [3.8, 4) is 5.75 Å². The van der Waals surface area contributed by atoms with Crippen molar-refractivity contribution in [3.63, 3.8) is 0 Å². The lowest BCUT2D eigenvalue weighted by Crippen LogP contribution is -2.15. The fourth-order valence-corrected chi connectivity index (χ4v) is 3.41. The smallest absolute Gasteiger partial charge is 0.294 e. The van der Waals surface area contributed by atoms with Gasteiger partial charge in [0, 0.05) is 11.8 Å². The number of aromatic nitrogens is 1. The SMILES string of the molecule is COc1ccc(NC(=O)c2cc(C)no2)cc1NS(=O)(=O)c1ccc(F)cc1. The molecule has 0 unspecified atom stereocenters. The predicted octanol–water partition coefficient (Wildman–Crippen LogP) is 3.18. The first-order chi connectivity index (χ1) is 13.3. The molecule has 0 bridgehead atoms. The first-order valence-electron chi connectivity index (χ1n) is 7.99. The number of nitrogens with zero attached hydrogens (tertiary/aromatic N) is 1. The zero-order chi connectivity index (χ0) is 20.3. The van der Waals surface area contributed by atoms with Crippen molar-refractivity contribution in [1.82, 2.24) is 5.16 Å². The number of amides is 1. The average Bonchev–Trinajstić information content (AvgIpc) is 3.08. The molecule has 0 spiro atoms. The van der Waals surface area contributed by atoms with Crippen LogP contribution in [0.1, 0.15) is 16.2 Å². The monoisotopic (exact) mass is 405 g/mol. The van der Waals surface area contributed by atoms with Crippen molar-refractivity contribution in [2.24, 2.45) is 0 Å². The number of carbonyl (C=O) groups is 1. The van der Waals surface area contributed by atoms with E-state index in [1.54, 1.807) is 6.92 Å². The normalized spacial score (nSPS) is 11.1. The van der Waals surface area contributed by atoms with Crippen LogP contribution >= 0.6 is 0 Å². The number of hydrogen-bond acceptors (Lipinski definition) is 6. The largest absolute Gasteiger partial charge is 0.495 e. The van der Waals surface area contributed by atoms with E-state index < -0.39 is 21.7 Å². The predicted molar refractivity (Wildman–Crippen MR) is 99.4 cm³/mol. The van der Waals surface area contributed by atoms with Crippen molar-refractivity contribution in [3.05, 3.63) is 65.8 Å². The maximum Gasteiger partial charge on any atom is 0.294 e. The number of aryl methyl sites for hydroxylation is 1. The van der Waals surface area contributed by atoms with Gasteiger partial charge in [-0.15, -0.1) is 0 Å². The highest BCUT2D eigenvalue weighted by Crippen LogP contribution is 2.30. The second kappa shape index (κ2) is 7.69. The van der Waals surface area contributed by atoms with Gasteiger partial charge < -0.3 is 14.6 Å². The maximum atomic E-state index is 13.0. The number of anilines is 2. The van der Waals surface area contributed by atoms with E-state index in [0.29, 0.717) is 11.4 Å². The third-order valence-corrected chi connectivity index (χ3v) is 5.06. The fraction of sp³-hybridized carbons (Fsp3) is 0.111. The number of sulfonamides is 1. The van der Waals surface area contributed by atoms with Crippen LogP contribution in [0.4, 0.5) is 15.8 Å². The molecule has 0 aliphatic carbocycles. The Bertz CT molecular complexity index is 1110. The Morgan fingerprint density at radius 2 is 1.86 bits per heavy atom. The number of rotatable bonds is 6. The van der Waals surface area contributed by atoms with E-state index in [1.807, 2.05) is 0 Å². The van der Waals surface area contributed by atoms with Gasteiger partial charge in [-0.3, -0.25) is 9.52 Å². The number of hydrogen-bond donors (Lipinski definition) is 2. The molecule has 1 aromatic heterocycles. The highest BCUT2D eigenvalue weighted by molar-refractivity contribution is 7.92. The Labute approximate surface area is 160 Å². The average molecular weight is 405 g/mol. The molecule has 3 aromatic rings. The molecule has 3 rings (SSSR count). The van der Waals surface area contributed by atoms with E-state index in [4.69, 9.17) is 9.26 Å². The Hall–Kier alpha value is -3.40. The van der Waals surface area contributed by atoms with Gasteiger partial charge in [-0.25, -0.2) is 12.8 Å². The summed E-state index contributed by atoms with van der Waals surface area (Å²) in [5, 5.41) is 6.22. The second-order valence-electron chi connectivity index (χ2n) is 5.76. The van der Waals surface area contributed by atoms with E-state index in [-0.39, 0.29) is 22.1 Å². The van der Waals surface area contributed by atoms with Crippen LogP contribution in [0.5, 0.6) is 5.75 Å². The van der Waals surface area contributed by atoms with Gasteiger partial charge in [0.15, 0.2) is 0 Å². The molecule has 0 fully saturated rings. The summed E-state index contributed by atoms with van der Waals surface area (Å²) in [5.41, 5.74) is 0.947. The van der Waals surface area contributed by atoms with E-state index in [1.165, 1.54) is 31.4 Å². The van der Waals surface area contributed by atoms with Gasteiger partial charge in [0.2, 0.25) is 5.76 Å². The number of carbonyl (C=O) groups excluding carboxylic acids is 1. The van der Waals surface area contributed by atoms with E-state index in [0.717, 1.165) is 24.3 Å². The molecule has 0 atom stereocenters. The summed E-state index contributed by atoms with van der Waals surface area (Å²) in [4.78, 5) is 12.1. The van der Waals surface area contributed by atoms with Crippen LogP contribution in [-0.4, -0.2) is 26.6 Å². The summed E-state index contributed by atoms with van der Waals surface area (Å²) in [6, 6.07) is 10.3. The van der Waals surface area contributed by atoms with Crippen molar-refractivity contribution < 1.29 is 26.9 Å². The number of nitrogens with one attached hydrogen (secondary N) is 2. The van der Waals surface area contributed by atoms with Gasteiger partial charge in [0.05, 0.1) is 23.4 Å². The Kier molecular flexibility index (Phi) is 5.32. The summed E-state index contributed by atoms with van der Waals surface area (Å²) in [7, 11) is -2.62. The molecule has 146 valence electrons. The van der Waals surface area contributed by atoms with Gasteiger partial charge in [0.1, 0.15) is 11.6 Å². The first kappa shape index (κ1) is 19.4. The number of benzene rings is 2. The summed E-state index contributed by atoms with van der Waals surface area (Å²) >= 11 is 0. The quantitative estimate of drug-likeness (QED) is 0.652. The number of methoxy groups -OCH3 is 1. The molecule has 8 nitrogen and oxygen atoms in total. The van der Waals surface area contributed by atoms with Crippen LogP contribution < -0.4 is 14.8 Å². The minimum atomic E-state index is -3.99. The molecule has 28 heavy (non-hydrogen) atoms. The molecule has 0 saturated heterocycles. The van der Waals surface area contributed by atoms with Crippen LogP contribution in [0, 0.1) is 12.7 Å². The Morgan fingerprint density at radius 1 is 1.14 bits per heavy atom. The lowest BCUT2D eigenvalue weighted by atomic mass is 10.2. The lowest BCUT2D eigenvalue weighted by molar-refractivity contribution is 0.0988. The molecule has 1 heterocycles. The van der Waals surface area contributed by atoms with Gasteiger partial charge in [-0.2, -0.15) is 0 Å². The van der Waals surface area contributed by atoms with Crippen LogP contribution in [0.3, 0.4) is 0 Å². The molecule has 10 heteroatoms. The number of ether oxygens (including phenoxy) is 1. The minimum Gasteiger partial charge on any atom is -0.495 e. The summed E-state index contributed by atoms with van der Waals surface area (Å²) in [6.07, 6.45) is 0. The Balaban J connectivity index is 1.86. The molecule has 2 aromatic carbocycles. The third kappa shape index (κ3) is 4.29. The summed E-state index contributed by atoms with van der Waals surface area (Å²) in [5.74, 6) is -0.844. The molecule has 2 N–H and O–H groups in total. The zero-order valence-electron chi connectivity index (χ0n) is 14.9. The standard InChI is InChI=1S/C18H16FN3O5S/c1-11-9-17(27-21-11)18(23)20-13-5-8-16(26-2)15(10-13)22-28(24,25)14-6-3-12(19)4-7-14/h3-10,22H,1-2H3,(H,20,23). The molecular formula is C18H16FN3O5S. The van der Waals surface area contributed by atoms with Gasteiger partial charge in [-0.1, -0.05) is 5.16 Å². The summed E-state index contributed by atoms with van der Waals surface area (Å²) in [6.45, 7) is 1.68. The number of halogens is 1. The first-order valence-corrected chi connectivity index (χ1v) is 9.48. The highest BCUT2D eigenvalue weighted by atomic mass is 32.2. The van der Waals surface area contributed by atoms with Gasteiger partial charge in [-0.05, 0) is 49.4 Å². The molecular weight excluding hydrogens is 389 g/mol. The second-order valence-corrected chi connectivity index (χ2v) is 7.44. The summed E-state index contributed by atoms with van der Waals surface area (Å²) < 4.78 is 50.6. The lowest BCUT2D eigenvalue weighted by Gasteiger charge is -2.13.